The predicted molar refractivity (Wildman–Crippen MR) is 45.0 cm³/mol. The van der Waals surface area contributed by atoms with E-state index in [2.05, 4.69) is 11.1 Å². The summed E-state index contributed by atoms with van der Waals surface area (Å²) in [6.07, 6.45) is 0. The second-order valence-electron chi connectivity index (χ2n) is 2.34. The molecule has 0 spiro atoms. The van der Waals surface area contributed by atoms with E-state index in [9.17, 15) is 0 Å². The fourth-order valence-corrected chi connectivity index (χ4v) is 1.02. The van der Waals surface area contributed by atoms with E-state index in [4.69, 9.17) is 5.73 Å². The second kappa shape index (κ2) is 2.23. The van der Waals surface area contributed by atoms with Gasteiger partial charge in [-0.15, -0.1) is 0 Å². The second-order valence-corrected chi connectivity index (χ2v) is 2.34. The molecule has 2 heteroatoms. The molecule has 2 rings (SSSR count). The van der Waals surface area contributed by atoms with E-state index in [0.717, 1.165) is 10.9 Å². The number of hydrogen-bond donors (Lipinski definition) is 1. The molecule has 0 aliphatic heterocycles. The highest BCUT2D eigenvalue weighted by atomic mass is 14.8. The van der Waals surface area contributed by atoms with Crippen molar-refractivity contribution in [2.24, 2.45) is 0 Å². The van der Waals surface area contributed by atoms with Crippen molar-refractivity contribution in [1.29, 1.82) is 0 Å². The molecule has 0 fully saturated rings. The van der Waals surface area contributed by atoms with Gasteiger partial charge in [-0.25, -0.2) is 4.98 Å². The fraction of sp³-hybridized carbons (Fsp3) is 0. The first-order chi connectivity index (χ1) is 5.36. The minimum atomic E-state index is 0.517. The van der Waals surface area contributed by atoms with Crippen LogP contribution in [-0.2, 0) is 0 Å². The summed E-state index contributed by atoms with van der Waals surface area (Å²) in [6, 6.07) is 12.5. The zero-order valence-electron chi connectivity index (χ0n) is 5.91. The van der Waals surface area contributed by atoms with Gasteiger partial charge in [0.1, 0.15) is 5.82 Å². The molecule has 1 radical (unpaired) electrons. The van der Waals surface area contributed by atoms with Gasteiger partial charge in [-0.1, -0.05) is 18.2 Å². The highest BCUT2D eigenvalue weighted by Crippen LogP contribution is 2.11. The predicted octanol–water partition coefficient (Wildman–Crippen LogP) is 1.62. The Kier molecular flexibility index (Phi) is 1.25. The maximum atomic E-state index is 5.48. The zero-order chi connectivity index (χ0) is 7.68. The van der Waals surface area contributed by atoms with Crippen molar-refractivity contribution < 1.29 is 0 Å². The van der Waals surface area contributed by atoms with Crippen molar-refractivity contribution in [2.75, 3.05) is 5.73 Å². The van der Waals surface area contributed by atoms with Gasteiger partial charge >= 0.3 is 0 Å². The quantitative estimate of drug-likeness (QED) is 0.608. The van der Waals surface area contributed by atoms with Crippen molar-refractivity contribution in [3.8, 4) is 0 Å². The van der Waals surface area contributed by atoms with Crippen LogP contribution in [0.3, 0.4) is 0 Å². The maximum absolute atomic E-state index is 5.48. The van der Waals surface area contributed by atoms with Gasteiger partial charge in [-0.3, -0.25) is 0 Å². The van der Waals surface area contributed by atoms with Gasteiger partial charge < -0.3 is 5.73 Å². The van der Waals surface area contributed by atoms with Gasteiger partial charge in [0.05, 0.1) is 5.52 Å². The third-order valence-electron chi connectivity index (χ3n) is 1.53. The van der Waals surface area contributed by atoms with Crippen molar-refractivity contribution >= 4 is 16.7 Å². The molecule has 1 heterocycles. The number of fused-ring (bicyclic) bond motifs is 1. The summed E-state index contributed by atoms with van der Waals surface area (Å²) < 4.78 is 0. The van der Waals surface area contributed by atoms with E-state index in [-0.39, 0.29) is 0 Å². The average molecular weight is 143 g/mol. The van der Waals surface area contributed by atoms with Gasteiger partial charge in [0.2, 0.25) is 0 Å². The van der Waals surface area contributed by atoms with Crippen molar-refractivity contribution in [3.05, 3.63) is 36.4 Å². The molecule has 2 aromatic rings. The SMILES string of the molecule is Nc1c[c]c2ccccc2n1. The lowest BCUT2D eigenvalue weighted by molar-refractivity contribution is 1.41. The van der Waals surface area contributed by atoms with Crippen LogP contribution < -0.4 is 5.73 Å². The summed E-state index contributed by atoms with van der Waals surface area (Å²) in [7, 11) is 0. The molecule has 0 amide bonds. The topological polar surface area (TPSA) is 38.9 Å². The summed E-state index contributed by atoms with van der Waals surface area (Å²) in [5.41, 5.74) is 6.38. The largest absolute Gasteiger partial charge is 0.384 e. The summed E-state index contributed by atoms with van der Waals surface area (Å²) in [5.74, 6) is 0.517. The Morgan fingerprint density at radius 2 is 2.09 bits per heavy atom. The molecule has 0 saturated carbocycles. The first-order valence-electron chi connectivity index (χ1n) is 3.39. The minimum absolute atomic E-state index is 0.517. The minimum Gasteiger partial charge on any atom is -0.384 e. The van der Waals surface area contributed by atoms with Gasteiger partial charge in [-0.05, 0) is 18.2 Å². The zero-order valence-corrected chi connectivity index (χ0v) is 5.91. The molecule has 2 N–H and O–H groups in total. The number of benzene rings is 1. The first-order valence-corrected chi connectivity index (χ1v) is 3.39. The number of nitrogens with two attached hydrogens (primary N) is 1. The van der Waals surface area contributed by atoms with Crippen LogP contribution in [0, 0.1) is 6.07 Å². The molecular weight excluding hydrogens is 136 g/mol. The molecule has 0 bridgehead atoms. The molecule has 0 atom stereocenters. The molecule has 11 heavy (non-hydrogen) atoms. The van der Waals surface area contributed by atoms with Crippen molar-refractivity contribution in [3.63, 3.8) is 0 Å². The van der Waals surface area contributed by atoms with Crippen LogP contribution in [0.4, 0.5) is 5.82 Å². The third kappa shape index (κ3) is 1.03. The molecule has 0 saturated heterocycles. The van der Waals surface area contributed by atoms with Crippen LogP contribution in [0.25, 0.3) is 10.9 Å². The molecule has 1 aromatic heterocycles. The Balaban J connectivity index is 2.83. The number of hydrogen-bond acceptors (Lipinski definition) is 2. The summed E-state index contributed by atoms with van der Waals surface area (Å²) in [4.78, 5) is 4.12. The smallest absolute Gasteiger partial charge is 0.124 e. The normalized spacial score (nSPS) is 10.2. The molecule has 2 nitrogen and oxygen atoms in total. The van der Waals surface area contributed by atoms with Crippen molar-refractivity contribution in [2.45, 2.75) is 0 Å². The van der Waals surface area contributed by atoms with Gasteiger partial charge in [0, 0.05) is 5.39 Å². The van der Waals surface area contributed by atoms with Crippen LogP contribution in [0.2, 0.25) is 0 Å². The van der Waals surface area contributed by atoms with Gasteiger partial charge in [-0.2, -0.15) is 0 Å². The monoisotopic (exact) mass is 143 g/mol. The number of anilines is 1. The molecule has 53 valence electrons. The molecule has 0 aliphatic carbocycles. The lowest BCUT2D eigenvalue weighted by Crippen LogP contribution is -1.88. The van der Waals surface area contributed by atoms with Crippen LogP contribution in [0.15, 0.2) is 30.3 Å². The van der Waals surface area contributed by atoms with E-state index < -0.39 is 0 Å². The standard InChI is InChI=1S/C9H7N2/c10-9-6-5-7-3-1-2-4-8(7)11-9/h1-4,6H,(H2,10,11). The fourth-order valence-electron chi connectivity index (χ4n) is 1.02. The molecule has 0 aliphatic rings. The van der Waals surface area contributed by atoms with E-state index in [1.807, 2.05) is 24.3 Å². The molecular formula is C9H7N2. The summed E-state index contributed by atoms with van der Waals surface area (Å²) in [5, 5.41) is 1.00. The number of nitrogens with zero attached hydrogens (tertiary/aromatic N) is 1. The van der Waals surface area contributed by atoms with E-state index in [1.165, 1.54) is 0 Å². The van der Waals surface area contributed by atoms with Crippen LogP contribution >= 0.6 is 0 Å². The van der Waals surface area contributed by atoms with Crippen LogP contribution in [0.5, 0.6) is 0 Å². The Labute approximate surface area is 64.7 Å². The number of para-hydroxylation sites is 1. The number of aromatic nitrogens is 1. The Morgan fingerprint density at radius 1 is 1.27 bits per heavy atom. The van der Waals surface area contributed by atoms with Crippen LogP contribution in [-0.4, -0.2) is 4.98 Å². The van der Waals surface area contributed by atoms with Crippen LogP contribution in [0.1, 0.15) is 0 Å². The third-order valence-corrected chi connectivity index (χ3v) is 1.53. The lowest BCUT2D eigenvalue weighted by Gasteiger charge is -1.95. The lowest BCUT2D eigenvalue weighted by atomic mass is 10.2. The summed E-state index contributed by atoms with van der Waals surface area (Å²) >= 11 is 0. The van der Waals surface area contributed by atoms with E-state index in [0.29, 0.717) is 5.82 Å². The number of nitrogen functional groups attached to an aromatic ring is 1. The maximum Gasteiger partial charge on any atom is 0.124 e. The highest BCUT2D eigenvalue weighted by Gasteiger charge is 1.92. The van der Waals surface area contributed by atoms with Crippen molar-refractivity contribution in [1.82, 2.24) is 4.98 Å². The Bertz CT molecular complexity index is 382. The average Bonchev–Trinajstić information content (AvgIpc) is 2.04. The van der Waals surface area contributed by atoms with Gasteiger partial charge in [0.15, 0.2) is 0 Å². The number of pyridine rings is 1. The van der Waals surface area contributed by atoms with E-state index >= 15 is 0 Å². The first kappa shape index (κ1) is 6.16. The van der Waals surface area contributed by atoms with Gasteiger partial charge in [0.25, 0.3) is 0 Å². The van der Waals surface area contributed by atoms with E-state index in [1.54, 1.807) is 6.07 Å². The number of rotatable bonds is 0. The highest BCUT2D eigenvalue weighted by molar-refractivity contribution is 5.78. The summed E-state index contributed by atoms with van der Waals surface area (Å²) in [6.45, 7) is 0. The molecule has 1 aromatic carbocycles. The Morgan fingerprint density at radius 3 is 3.00 bits per heavy atom. The molecule has 0 unspecified atom stereocenters. The Hall–Kier alpha value is -1.57.